The minimum Gasteiger partial charge on any atom is -0.386 e. The van der Waals surface area contributed by atoms with Gasteiger partial charge in [-0.25, -0.2) is 9.97 Å². The molecule has 6 heteroatoms. The summed E-state index contributed by atoms with van der Waals surface area (Å²) in [6.45, 7) is 6.73. The number of aromatic nitrogens is 2. The lowest BCUT2D eigenvalue weighted by Gasteiger charge is -2.21. The van der Waals surface area contributed by atoms with Gasteiger partial charge < -0.3 is 15.2 Å². The van der Waals surface area contributed by atoms with E-state index in [1.165, 1.54) is 0 Å². The van der Waals surface area contributed by atoms with Crippen molar-refractivity contribution < 1.29 is 14.6 Å². The monoisotopic (exact) mass is 279 g/mol. The smallest absolute Gasteiger partial charge is 0.254 e. The lowest BCUT2D eigenvalue weighted by atomic mass is 10.0. The first-order chi connectivity index (χ1) is 9.41. The minimum absolute atomic E-state index is 0.135. The van der Waals surface area contributed by atoms with Crippen LogP contribution in [-0.4, -0.2) is 46.3 Å². The molecule has 0 bridgehead atoms. The van der Waals surface area contributed by atoms with Crippen molar-refractivity contribution in [2.75, 3.05) is 19.8 Å². The van der Waals surface area contributed by atoms with Crippen LogP contribution in [0.4, 0.5) is 0 Å². The molecule has 0 aromatic carbocycles. The molecule has 20 heavy (non-hydrogen) atoms. The van der Waals surface area contributed by atoms with Crippen molar-refractivity contribution in [3.05, 3.63) is 23.3 Å². The number of hydrogen-bond acceptors (Lipinski definition) is 5. The first-order valence-corrected chi connectivity index (χ1v) is 6.83. The summed E-state index contributed by atoms with van der Waals surface area (Å²) in [4.78, 5) is 20.7. The van der Waals surface area contributed by atoms with Crippen LogP contribution in [0, 0.1) is 6.92 Å². The number of rotatable bonds is 4. The maximum atomic E-state index is 12.2. The summed E-state index contributed by atoms with van der Waals surface area (Å²) in [6, 6.07) is 0. The molecule has 0 radical (unpaired) electrons. The minimum atomic E-state index is -0.959. The van der Waals surface area contributed by atoms with E-state index in [2.05, 4.69) is 15.3 Å². The summed E-state index contributed by atoms with van der Waals surface area (Å²) >= 11 is 0. The third-order valence-corrected chi connectivity index (χ3v) is 3.39. The lowest BCUT2D eigenvalue weighted by Crippen LogP contribution is -2.43. The topological polar surface area (TPSA) is 84.3 Å². The Kier molecular flexibility index (Phi) is 4.35. The van der Waals surface area contributed by atoms with Crippen molar-refractivity contribution in [2.45, 2.75) is 38.7 Å². The van der Waals surface area contributed by atoms with E-state index >= 15 is 0 Å². The van der Waals surface area contributed by atoms with Crippen molar-refractivity contribution in [2.24, 2.45) is 0 Å². The first-order valence-electron chi connectivity index (χ1n) is 6.83. The highest BCUT2D eigenvalue weighted by Crippen LogP contribution is 2.19. The Hall–Kier alpha value is -1.53. The van der Waals surface area contributed by atoms with E-state index in [-0.39, 0.29) is 25.0 Å². The van der Waals surface area contributed by atoms with E-state index in [4.69, 9.17) is 4.74 Å². The van der Waals surface area contributed by atoms with Gasteiger partial charge in [0.25, 0.3) is 5.91 Å². The van der Waals surface area contributed by atoms with E-state index in [1.807, 2.05) is 13.8 Å². The fourth-order valence-corrected chi connectivity index (χ4v) is 2.18. The van der Waals surface area contributed by atoms with Crippen molar-refractivity contribution in [1.29, 1.82) is 0 Å². The number of aliphatic hydroxyl groups is 1. The maximum Gasteiger partial charge on any atom is 0.254 e. The first kappa shape index (κ1) is 14.9. The van der Waals surface area contributed by atoms with Gasteiger partial charge in [0.05, 0.1) is 17.9 Å². The fourth-order valence-electron chi connectivity index (χ4n) is 2.18. The summed E-state index contributed by atoms with van der Waals surface area (Å²) in [7, 11) is 0. The Labute approximate surface area is 118 Å². The molecule has 1 aromatic heterocycles. The average molecular weight is 279 g/mol. The van der Waals surface area contributed by atoms with Gasteiger partial charge in [0.1, 0.15) is 11.4 Å². The predicted octanol–water partition coefficient (Wildman–Crippen LogP) is 0.790. The highest BCUT2D eigenvalue weighted by molar-refractivity contribution is 5.95. The highest BCUT2D eigenvalue weighted by atomic mass is 16.5. The van der Waals surface area contributed by atoms with Crippen LogP contribution in [0.2, 0.25) is 0 Å². The van der Waals surface area contributed by atoms with Crippen LogP contribution >= 0.6 is 0 Å². The fraction of sp³-hybridized carbons (Fsp3) is 0.643. The number of hydrogen-bond donors (Lipinski definition) is 2. The number of nitrogens with zero attached hydrogens (tertiary/aromatic N) is 2. The number of ether oxygens (including phenoxy) is 1. The van der Waals surface area contributed by atoms with Crippen molar-refractivity contribution in [3.63, 3.8) is 0 Å². The zero-order valence-corrected chi connectivity index (χ0v) is 12.1. The van der Waals surface area contributed by atoms with E-state index in [0.717, 1.165) is 5.69 Å². The molecule has 2 heterocycles. The second-order valence-corrected chi connectivity index (χ2v) is 5.58. The third-order valence-electron chi connectivity index (χ3n) is 3.39. The quantitative estimate of drug-likeness (QED) is 0.851. The van der Waals surface area contributed by atoms with Crippen molar-refractivity contribution in [1.82, 2.24) is 15.3 Å². The van der Waals surface area contributed by atoms with Gasteiger partial charge in [0.2, 0.25) is 0 Å². The van der Waals surface area contributed by atoms with Gasteiger partial charge in [0.15, 0.2) is 0 Å². The van der Waals surface area contributed by atoms with Crippen molar-refractivity contribution in [3.8, 4) is 0 Å². The van der Waals surface area contributed by atoms with E-state index < -0.39 is 5.60 Å². The maximum absolute atomic E-state index is 12.2. The lowest BCUT2D eigenvalue weighted by molar-refractivity contribution is 0.0264. The van der Waals surface area contributed by atoms with E-state index in [1.54, 1.807) is 13.1 Å². The molecule has 1 fully saturated rings. The van der Waals surface area contributed by atoms with Crippen LogP contribution in [0.15, 0.2) is 6.20 Å². The van der Waals surface area contributed by atoms with Gasteiger partial charge in [0, 0.05) is 25.8 Å². The van der Waals surface area contributed by atoms with Crippen LogP contribution < -0.4 is 5.32 Å². The molecule has 0 aliphatic carbocycles. The summed E-state index contributed by atoms with van der Waals surface area (Å²) in [5, 5.41) is 12.9. The molecule has 2 rings (SSSR count). The van der Waals surface area contributed by atoms with Gasteiger partial charge in [-0.3, -0.25) is 4.79 Å². The number of carbonyl (C=O) groups is 1. The van der Waals surface area contributed by atoms with Crippen LogP contribution in [0.3, 0.4) is 0 Å². The number of amides is 1. The van der Waals surface area contributed by atoms with Gasteiger partial charge >= 0.3 is 0 Å². The SMILES string of the molecule is Cc1ncc(C(=O)NC[C@]2(O)CCOC2)c(C(C)C)n1. The van der Waals surface area contributed by atoms with E-state index in [9.17, 15) is 9.90 Å². The van der Waals surface area contributed by atoms with Gasteiger partial charge in [-0.2, -0.15) is 0 Å². The Balaban J connectivity index is 2.09. The number of nitrogens with one attached hydrogen (secondary N) is 1. The van der Waals surface area contributed by atoms with E-state index in [0.29, 0.717) is 24.4 Å². The molecule has 110 valence electrons. The van der Waals surface area contributed by atoms with Gasteiger partial charge in [-0.1, -0.05) is 13.8 Å². The summed E-state index contributed by atoms with van der Waals surface area (Å²) < 4.78 is 5.15. The molecular weight excluding hydrogens is 258 g/mol. The van der Waals surface area contributed by atoms with Crippen LogP contribution in [0.5, 0.6) is 0 Å². The van der Waals surface area contributed by atoms with Crippen LogP contribution in [0.1, 0.15) is 48.1 Å². The second kappa shape index (κ2) is 5.85. The molecule has 1 aliphatic rings. The number of carbonyl (C=O) groups excluding carboxylic acids is 1. The zero-order valence-electron chi connectivity index (χ0n) is 12.1. The summed E-state index contributed by atoms with van der Waals surface area (Å²) in [6.07, 6.45) is 2.08. The largest absolute Gasteiger partial charge is 0.386 e. The highest BCUT2D eigenvalue weighted by Gasteiger charge is 2.32. The Morgan fingerprint density at radius 3 is 2.95 bits per heavy atom. The normalized spacial score (nSPS) is 22.2. The second-order valence-electron chi connectivity index (χ2n) is 5.58. The Morgan fingerprint density at radius 2 is 2.35 bits per heavy atom. The van der Waals surface area contributed by atoms with Crippen molar-refractivity contribution >= 4 is 5.91 Å². The zero-order chi connectivity index (χ0) is 14.8. The Morgan fingerprint density at radius 1 is 1.60 bits per heavy atom. The Bertz CT molecular complexity index is 496. The molecule has 1 saturated heterocycles. The molecule has 1 aromatic rings. The molecule has 2 N–H and O–H groups in total. The third kappa shape index (κ3) is 3.32. The molecule has 6 nitrogen and oxygen atoms in total. The predicted molar refractivity (Wildman–Crippen MR) is 73.6 cm³/mol. The molecule has 0 saturated carbocycles. The van der Waals surface area contributed by atoms with Crippen LogP contribution in [-0.2, 0) is 4.74 Å². The standard InChI is InChI=1S/C14H21N3O3/c1-9(2)12-11(6-15-10(3)17-12)13(18)16-7-14(19)4-5-20-8-14/h6,9,19H,4-5,7-8H2,1-3H3,(H,16,18)/t14-/m1/s1. The molecule has 0 spiro atoms. The van der Waals surface area contributed by atoms with Crippen LogP contribution in [0.25, 0.3) is 0 Å². The molecule has 0 unspecified atom stereocenters. The number of aryl methyl sites for hydroxylation is 1. The summed E-state index contributed by atoms with van der Waals surface area (Å²) in [5.41, 5.74) is 0.233. The molecular formula is C14H21N3O3. The van der Waals surface area contributed by atoms with Gasteiger partial charge in [-0.05, 0) is 12.8 Å². The molecule has 1 atom stereocenters. The summed E-state index contributed by atoms with van der Waals surface area (Å²) in [5.74, 6) is 0.525. The van der Waals surface area contributed by atoms with Gasteiger partial charge in [-0.15, -0.1) is 0 Å². The molecule has 1 amide bonds. The average Bonchev–Trinajstić information content (AvgIpc) is 2.83. The molecule has 1 aliphatic heterocycles.